The number of halogens is 1. The summed E-state index contributed by atoms with van der Waals surface area (Å²) in [6, 6.07) is 15.3. The highest BCUT2D eigenvalue weighted by molar-refractivity contribution is 5.94. The van der Waals surface area contributed by atoms with E-state index in [-0.39, 0.29) is 11.7 Å². The van der Waals surface area contributed by atoms with Crippen molar-refractivity contribution in [2.75, 3.05) is 30.9 Å². The number of benzene rings is 2. The maximum absolute atomic E-state index is 13.7. The molecule has 1 aromatic heterocycles. The lowest BCUT2D eigenvalue weighted by Crippen LogP contribution is -2.34. The first kappa shape index (κ1) is 22.1. The topological polar surface area (TPSA) is 57.3 Å². The van der Waals surface area contributed by atoms with Crippen molar-refractivity contribution in [1.82, 2.24) is 10.3 Å². The van der Waals surface area contributed by atoms with Crippen LogP contribution in [0.1, 0.15) is 41.6 Å². The Morgan fingerprint density at radius 1 is 1.09 bits per heavy atom. The number of hydrogen-bond donors (Lipinski definition) is 2. The molecule has 0 saturated heterocycles. The number of nitrogens with one attached hydrogen (secondary N) is 2. The van der Waals surface area contributed by atoms with Gasteiger partial charge in [0.15, 0.2) is 0 Å². The Morgan fingerprint density at radius 3 is 2.56 bits per heavy atom. The summed E-state index contributed by atoms with van der Waals surface area (Å²) in [6.07, 6.45) is 4.14. The Kier molecular flexibility index (Phi) is 6.58. The van der Waals surface area contributed by atoms with Crippen molar-refractivity contribution in [2.24, 2.45) is 5.92 Å². The van der Waals surface area contributed by atoms with Crippen LogP contribution in [0.4, 0.5) is 15.9 Å². The van der Waals surface area contributed by atoms with Crippen LogP contribution in [-0.4, -0.2) is 37.6 Å². The summed E-state index contributed by atoms with van der Waals surface area (Å²) in [6.45, 7) is 2.32. The fourth-order valence-corrected chi connectivity index (χ4v) is 4.39. The predicted molar refractivity (Wildman–Crippen MR) is 129 cm³/mol. The summed E-state index contributed by atoms with van der Waals surface area (Å²) >= 11 is 0. The number of aryl methyl sites for hydroxylation is 1. The fraction of sp³-hybridized carbons (Fsp3) is 0.385. The minimum absolute atomic E-state index is 0.208. The molecule has 5 nitrogen and oxygen atoms in total. The first-order valence-electron chi connectivity index (χ1n) is 11.3. The first-order chi connectivity index (χ1) is 15.4. The van der Waals surface area contributed by atoms with Crippen LogP contribution in [0.2, 0.25) is 0 Å². The van der Waals surface area contributed by atoms with Gasteiger partial charge in [-0.05, 0) is 62.3 Å². The van der Waals surface area contributed by atoms with Gasteiger partial charge in [-0.25, -0.2) is 9.37 Å². The number of rotatable bonds is 6. The van der Waals surface area contributed by atoms with Gasteiger partial charge in [0.25, 0.3) is 5.91 Å². The van der Waals surface area contributed by atoms with Crippen LogP contribution in [0, 0.1) is 18.7 Å². The summed E-state index contributed by atoms with van der Waals surface area (Å²) in [5.41, 5.74) is 3.07. The molecule has 1 aliphatic rings. The third-order valence-electron chi connectivity index (χ3n) is 6.36. The zero-order chi connectivity index (χ0) is 22.7. The highest BCUT2D eigenvalue weighted by atomic mass is 19.1. The highest BCUT2D eigenvalue weighted by Gasteiger charge is 2.22. The van der Waals surface area contributed by atoms with Gasteiger partial charge in [-0.1, -0.05) is 24.3 Å². The Bertz CT molecular complexity index is 1110. The Balaban J connectivity index is 1.31. The molecule has 6 heteroatoms. The molecule has 3 aromatic rings. The summed E-state index contributed by atoms with van der Waals surface area (Å²) < 4.78 is 13.7. The van der Waals surface area contributed by atoms with Crippen molar-refractivity contribution < 1.29 is 9.18 Å². The molecule has 0 spiro atoms. The third-order valence-corrected chi connectivity index (χ3v) is 6.36. The lowest BCUT2D eigenvalue weighted by atomic mass is 9.86. The summed E-state index contributed by atoms with van der Waals surface area (Å²) in [5.74, 6) is 0.796. The maximum Gasteiger partial charge on any atom is 0.251 e. The van der Waals surface area contributed by atoms with Gasteiger partial charge in [-0.3, -0.25) is 4.79 Å². The molecule has 0 bridgehead atoms. The molecule has 0 aliphatic heterocycles. The molecule has 1 fully saturated rings. The molecule has 168 valence electrons. The zero-order valence-electron chi connectivity index (χ0n) is 19.0. The van der Waals surface area contributed by atoms with E-state index in [1.165, 1.54) is 6.07 Å². The smallest absolute Gasteiger partial charge is 0.251 e. The van der Waals surface area contributed by atoms with Gasteiger partial charge in [0.05, 0.1) is 5.52 Å². The number of carbonyl (C=O) groups is 1. The summed E-state index contributed by atoms with van der Waals surface area (Å²) in [5, 5.41) is 7.75. The van der Waals surface area contributed by atoms with Crippen molar-refractivity contribution >= 4 is 28.3 Å². The van der Waals surface area contributed by atoms with Crippen molar-refractivity contribution in [2.45, 2.75) is 38.6 Å². The molecule has 4 rings (SSSR count). The van der Waals surface area contributed by atoms with Crippen LogP contribution in [0.5, 0.6) is 0 Å². The Hall–Kier alpha value is -3.15. The molecule has 1 aliphatic carbocycles. The zero-order valence-corrected chi connectivity index (χ0v) is 19.0. The monoisotopic (exact) mass is 434 g/mol. The van der Waals surface area contributed by atoms with Gasteiger partial charge < -0.3 is 15.5 Å². The second-order valence-corrected chi connectivity index (χ2v) is 8.97. The highest BCUT2D eigenvalue weighted by Crippen LogP contribution is 2.30. The number of carbonyl (C=O) groups excluding carboxylic acids is 1. The minimum atomic E-state index is -0.344. The largest absolute Gasteiger partial charge is 0.377 e. The number of fused-ring (bicyclic) bond motifs is 1. The van der Waals surface area contributed by atoms with Crippen molar-refractivity contribution in [1.29, 1.82) is 0 Å². The molecule has 2 N–H and O–H groups in total. The molecule has 2 aromatic carbocycles. The van der Waals surface area contributed by atoms with E-state index in [1.807, 2.05) is 18.2 Å². The SMILES string of the molecule is Cc1ccc(C(=O)NC[C@H]2CC[C@@H](Nc3cc(N(C)C)c4ccccc4n3)CC2)cc1F. The molecular weight excluding hydrogens is 403 g/mol. The lowest BCUT2D eigenvalue weighted by molar-refractivity contribution is 0.0943. The maximum atomic E-state index is 13.7. The van der Waals surface area contributed by atoms with Gasteiger partial charge in [-0.15, -0.1) is 0 Å². The van der Waals surface area contributed by atoms with Crippen LogP contribution in [0.15, 0.2) is 48.5 Å². The van der Waals surface area contributed by atoms with Crippen LogP contribution in [-0.2, 0) is 0 Å². The van der Waals surface area contributed by atoms with Crippen molar-refractivity contribution in [3.63, 3.8) is 0 Å². The van der Waals surface area contributed by atoms with Gasteiger partial charge in [0.1, 0.15) is 11.6 Å². The number of nitrogens with zero attached hydrogens (tertiary/aromatic N) is 2. The van der Waals surface area contributed by atoms with Crippen LogP contribution >= 0.6 is 0 Å². The fourth-order valence-electron chi connectivity index (χ4n) is 4.39. The molecular formula is C26H31FN4O. The molecule has 0 unspecified atom stereocenters. The van der Waals surface area contributed by atoms with E-state index in [2.05, 4.69) is 41.8 Å². The second-order valence-electron chi connectivity index (χ2n) is 8.97. The molecule has 1 heterocycles. The normalized spacial score (nSPS) is 18.4. The number of amides is 1. The standard InChI is InChI=1S/C26H31FN4O/c1-17-8-11-19(14-22(17)27)26(32)28-16-18-9-12-20(13-10-18)29-25-15-24(31(2)3)21-6-4-5-7-23(21)30-25/h4-8,11,14-15,18,20H,9-10,12-13,16H2,1-3H3,(H,28,32)(H,29,30)/t18-,20+. The van der Waals surface area contributed by atoms with E-state index < -0.39 is 0 Å². The molecule has 32 heavy (non-hydrogen) atoms. The van der Waals surface area contributed by atoms with Gasteiger partial charge in [0, 0.05) is 49.4 Å². The Morgan fingerprint density at radius 2 is 1.84 bits per heavy atom. The van der Waals surface area contributed by atoms with Gasteiger partial charge >= 0.3 is 0 Å². The molecule has 0 radical (unpaired) electrons. The lowest BCUT2D eigenvalue weighted by Gasteiger charge is -2.30. The van der Waals surface area contributed by atoms with E-state index in [4.69, 9.17) is 4.98 Å². The van der Waals surface area contributed by atoms with Gasteiger partial charge in [-0.2, -0.15) is 0 Å². The molecule has 0 atom stereocenters. The second kappa shape index (κ2) is 9.55. The van der Waals surface area contributed by atoms with E-state index in [1.54, 1.807) is 19.1 Å². The minimum Gasteiger partial charge on any atom is -0.377 e. The van der Waals surface area contributed by atoms with Crippen molar-refractivity contribution in [3.05, 3.63) is 65.5 Å². The van der Waals surface area contributed by atoms with Crippen LogP contribution < -0.4 is 15.5 Å². The van der Waals surface area contributed by atoms with E-state index in [0.717, 1.165) is 48.1 Å². The van der Waals surface area contributed by atoms with E-state index in [9.17, 15) is 9.18 Å². The van der Waals surface area contributed by atoms with Gasteiger partial charge in [0.2, 0.25) is 0 Å². The number of pyridine rings is 1. The number of anilines is 2. The number of para-hydroxylation sites is 1. The molecule has 1 saturated carbocycles. The quantitative estimate of drug-likeness (QED) is 0.563. The van der Waals surface area contributed by atoms with E-state index >= 15 is 0 Å². The third kappa shape index (κ3) is 5.01. The number of hydrogen-bond acceptors (Lipinski definition) is 4. The van der Waals surface area contributed by atoms with Crippen LogP contribution in [0.25, 0.3) is 10.9 Å². The first-order valence-corrected chi connectivity index (χ1v) is 11.3. The van der Waals surface area contributed by atoms with E-state index in [0.29, 0.717) is 29.6 Å². The summed E-state index contributed by atoms with van der Waals surface area (Å²) in [4.78, 5) is 19.3. The average molecular weight is 435 g/mol. The molecule has 1 amide bonds. The van der Waals surface area contributed by atoms with Crippen LogP contribution in [0.3, 0.4) is 0 Å². The summed E-state index contributed by atoms with van der Waals surface area (Å²) in [7, 11) is 4.10. The average Bonchev–Trinajstić information content (AvgIpc) is 2.79. The Labute approximate surface area is 189 Å². The predicted octanol–water partition coefficient (Wildman–Crippen LogP) is 5.15. The van der Waals surface area contributed by atoms with Crippen molar-refractivity contribution in [3.8, 4) is 0 Å². The number of aromatic nitrogens is 1.